The normalized spacial score (nSPS) is 10.5. The van der Waals surface area contributed by atoms with Crippen LogP contribution in [0.2, 0.25) is 0 Å². The van der Waals surface area contributed by atoms with Gasteiger partial charge in [-0.2, -0.15) is 5.10 Å². The van der Waals surface area contributed by atoms with Crippen LogP contribution >= 0.6 is 0 Å². The van der Waals surface area contributed by atoms with E-state index in [0.29, 0.717) is 6.42 Å². The molecule has 0 fully saturated rings. The van der Waals surface area contributed by atoms with E-state index < -0.39 is 5.97 Å². The van der Waals surface area contributed by atoms with Crippen molar-refractivity contribution in [1.29, 1.82) is 0 Å². The fraction of sp³-hybridized carbons (Fsp3) is 0.600. The number of carboxylic acid groups (broad SMARTS) is 1. The van der Waals surface area contributed by atoms with Gasteiger partial charge in [-0.1, -0.05) is 0 Å². The molecule has 0 aliphatic carbocycles. The Morgan fingerprint density at radius 3 is 2.57 bits per heavy atom. The average Bonchev–Trinajstić information content (AvgIpc) is 2.31. The summed E-state index contributed by atoms with van der Waals surface area (Å²) < 4.78 is 1.84. The molecule has 1 rings (SSSR count). The van der Waals surface area contributed by atoms with E-state index >= 15 is 0 Å². The summed E-state index contributed by atoms with van der Waals surface area (Å²) in [5.41, 5.74) is 3.33. The lowest BCUT2D eigenvalue weighted by Crippen LogP contribution is -1.98. The molecular formula is C10H16N2O2. The smallest absolute Gasteiger partial charge is 0.303 e. The van der Waals surface area contributed by atoms with Gasteiger partial charge >= 0.3 is 5.97 Å². The maximum Gasteiger partial charge on any atom is 0.303 e. The highest BCUT2D eigenvalue weighted by molar-refractivity contribution is 5.66. The summed E-state index contributed by atoms with van der Waals surface area (Å²) in [6.45, 7) is 3.97. The van der Waals surface area contributed by atoms with Crippen molar-refractivity contribution in [2.45, 2.75) is 33.1 Å². The van der Waals surface area contributed by atoms with Crippen molar-refractivity contribution in [3.63, 3.8) is 0 Å². The van der Waals surface area contributed by atoms with E-state index in [2.05, 4.69) is 5.10 Å². The van der Waals surface area contributed by atoms with Crippen LogP contribution in [0.4, 0.5) is 0 Å². The molecule has 0 aromatic carbocycles. The van der Waals surface area contributed by atoms with E-state index in [1.54, 1.807) is 0 Å². The first-order valence-electron chi connectivity index (χ1n) is 4.73. The number of hydrogen-bond donors (Lipinski definition) is 1. The molecule has 4 nitrogen and oxygen atoms in total. The van der Waals surface area contributed by atoms with E-state index in [1.165, 1.54) is 5.56 Å². The molecule has 1 N–H and O–H groups in total. The molecule has 78 valence electrons. The van der Waals surface area contributed by atoms with Crippen molar-refractivity contribution in [3.8, 4) is 0 Å². The standard InChI is InChI=1S/C10H16N2O2/c1-7-9(5-4-6-10(13)14)8(2)12(3)11-7/h4-6H2,1-3H3,(H,13,14). The largest absolute Gasteiger partial charge is 0.481 e. The summed E-state index contributed by atoms with van der Waals surface area (Å²) in [4.78, 5) is 10.3. The summed E-state index contributed by atoms with van der Waals surface area (Å²) in [5.74, 6) is -0.732. The molecule has 4 heteroatoms. The Balaban J connectivity index is 2.62. The van der Waals surface area contributed by atoms with E-state index in [-0.39, 0.29) is 6.42 Å². The van der Waals surface area contributed by atoms with Crippen LogP contribution in [0.1, 0.15) is 29.8 Å². The predicted octanol–water partition coefficient (Wildman–Crippen LogP) is 1.44. The molecule has 0 unspecified atom stereocenters. The maximum atomic E-state index is 10.3. The molecule has 0 saturated carbocycles. The van der Waals surface area contributed by atoms with Gasteiger partial charge in [-0.25, -0.2) is 0 Å². The van der Waals surface area contributed by atoms with Gasteiger partial charge in [0.2, 0.25) is 0 Å². The topological polar surface area (TPSA) is 55.1 Å². The van der Waals surface area contributed by atoms with Crippen LogP contribution in [-0.2, 0) is 18.3 Å². The Hall–Kier alpha value is -1.32. The second-order valence-corrected chi connectivity index (χ2v) is 3.52. The zero-order valence-corrected chi connectivity index (χ0v) is 8.87. The maximum absolute atomic E-state index is 10.3. The minimum atomic E-state index is -0.732. The lowest BCUT2D eigenvalue weighted by Gasteiger charge is -1.99. The highest BCUT2D eigenvalue weighted by Crippen LogP contribution is 2.14. The van der Waals surface area contributed by atoms with E-state index in [0.717, 1.165) is 17.8 Å². The molecule has 1 heterocycles. The SMILES string of the molecule is Cc1nn(C)c(C)c1CCCC(=O)O. The van der Waals surface area contributed by atoms with Gasteiger partial charge in [0, 0.05) is 19.2 Å². The van der Waals surface area contributed by atoms with E-state index in [4.69, 9.17) is 5.11 Å². The van der Waals surface area contributed by atoms with Crippen molar-refractivity contribution in [2.75, 3.05) is 0 Å². The van der Waals surface area contributed by atoms with E-state index in [9.17, 15) is 4.79 Å². The molecular weight excluding hydrogens is 180 g/mol. The van der Waals surface area contributed by atoms with Crippen molar-refractivity contribution in [1.82, 2.24) is 9.78 Å². The third kappa shape index (κ3) is 2.34. The van der Waals surface area contributed by atoms with Gasteiger partial charge in [-0.3, -0.25) is 9.48 Å². The average molecular weight is 196 g/mol. The summed E-state index contributed by atoms with van der Waals surface area (Å²) >= 11 is 0. The number of aromatic nitrogens is 2. The van der Waals surface area contributed by atoms with Gasteiger partial charge in [0.15, 0.2) is 0 Å². The number of rotatable bonds is 4. The molecule has 0 radical (unpaired) electrons. The van der Waals surface area contributed by atoms with Crippen LogP contribution in [0, 0.1) is 13.8 Å². The minimum Gasteiger partial charge on any atom is -0.481 e. The third-order valence-corrected chi connectivity index (χ3v) is 2.48. The highest BCUT2D eigenvalue weighted by atomic mass is 16.4. The quantitative estimate of drug-likeness (QED) is 0.792. The molecule has 0 bridgehead atoms. The molecule has 1 aromatic heterocycles. The van der Waals surface area contributed by atoms with E-state index in [1.807, 2.05) is 25.6 Å². The van der Waals surface area contributed by atoms with Crippen LogP contribution in [0.3, 0.4) is 0 Å². The molecule has 1 aromatic rings. The number of carbonyl (C=O) groups is 1. The number of hydrogen-bond acceptors (Lipinski definition) is 2. The van der Waals surface area contributed by atoms with Crippen molar-refractivity contribution >= 4 is 5.97 Å². The molecule has 0 aliphatic heterocycles. The van der Waals surface area contributed by atoms with Gasteiger partial charge < -0.3 is 5.11 Å². The second kappa shape index (κ2) is 4.26. The molecule has 0 amide bonds. The first-order valence-corrected chi connectivity index (χ1v) is 4.73. The van der Waals surface area contributed by atoms with Crippen LogP contribution in [0.15, 0.2) is 0 Å². The first kappa shape index (κ1) is 10.8. The minimum absolute atomic E-state index is 0.230. The van der Waals surface area contributed by atoms with Crippen LogP contribution < -0.4 is 0 Å². The Labute approximate surface area is 83.5 Å². The van der Waals surface area contributed by atoms with Crippen molar-refractivity contribution < 1.29 is 9.90 Å². The van der Waals surface area contributed by atoms with Crippen LogP contribution in [-0.4, -0.2) is 20.9 Å². The lowest BCUT2D eigenvalue weighted by molar-refractivity contribution is -0.137. The Morgan fingerprint density at radius 1 is 1.50 bits per heavy atom. The van der Waals surface area contributed by atoms with Gasteiger partial charge in [0.25, 0.3) is 0 Å². The van der Waals surface area contributed by atoms with Gasteiger partial charge in [0.05, 0.1) is 5.69 Å². The number of nitrogens with zero attached hydrogens (tertiary/aromatic N) is 2. The summed E-state index contributed by atoms with van der Waals surface area (Å²) in [5, 5.41) is 12.8. The summed E-state index contributed by atoms with van der Waals surface area (Å²) in [6.07, 6.45) is 1.72. The Kier molecular flexibility index (Phi) is 3.28. The van der Waals surface area contributed by atoms with Gasteiger partial charge in [0.1, 0.15) is 0 Å². The zero-order valence-electron chi connectivity index (χ0n) is 8.87. The molecule has 0 saturated heterocycles. The Bertz CT molecular complexity index is 342. The second-order valence-electron chi connectivity index (χ2n) is 3.52. The first-order chi connectivity index (χ1) is 6.52. The monoisotopic (exact) mass is 196 g/mol. The Morgan fingerprint density at radius 2 is 2.14 bits per heavy atom. The molecule has 0 spiro atoms. The number of aliphatic carboxylic acids is 1. The van der Waals surface area contributed by atoms with Crippen LogP contribution in [0.5, 0.6) is 0 Å². The molecule has 0 atom stereocenters. The highest BCUT2D eigenvalue weighted by Gasteiger charge is 2.09. The van der Waals surface area contributed by atoms with Crippen LogP contribution in [0.25, 0.3) is 0 Å². The predicted molar refractivity (Wildman–Crippen MR) is 53.3 cm³/mol. The van der Waals surface area contributed by atoms with Crippen molar-refractivity contribution in [2.24, 2.45) is 7.05 Å². The molecule has 14 heavy (non-hydrogen) atoms. The van der Waals surface area contributed by atoms with Crippen molar-refractivity contribution in [3.05, 3.63) is 17.0 Å². The number of carboxylic acids is 1. The molecule has 0 aliphatic rings. The van der Waals surface area contributed by atoms with Gasteiger partial charge in [-0.05, 0) is 32.3 Å². The van der Waals surface area contributed by atoms with Gasteiger partial charge in [-0.15, -0.1) is 0 Å². The summed E-state index contributed by atoms with van der Waals surface area (Å²) in [7, 11) is 1.91. The fourth-order valence-electron chi connectivity index (χ4n) is 1.60. The number of aryl methyl sites for hydroxylation is 2. The zero-order chi connectivity index (χ0) is 10.7. The fourth-order valence-corrected chi connectivity index (χ4v) is 1.60. The third-order valence-electron chi connectivity index (χ3n) is 2.48. The summed E-state index contributed by atoms with van der Waals surface area (Å²) in [6, 6.07) is 0. The lowest BCUT2D eigenvalue weighted by atomic mass is 10.1.